The third kappa shape index (κ3) is 5.78. The van der Waals surface area contributed by atoms with Crippen LogP contribution in [0.25, 0.3) is 78.7 Å². The monoisotopic (exact) mass is 792 g/mol. The Hall–Kier alpha value is -8.28. The van der Waals surface area contributed by atoms with Crippen molar-refractivity contribution in [3.63, 3.8) is 0 Å². The maximum absolute atomic E-state index is 6.61. The SMILES string of the molecule is c1ccc(-c2nc(-c3ccccc3)nc(-c3cccc(-c4cccc(-c5ccc6c(c5)-c5cc(-c7ccncc7)ccc5C65c6ccccc6Oc6ccccc65)c4)c3)n2)cc1. The van der Waals surface area contributed by atoms with Crippen LogP contribution in [0.1, 0.15) is 22.3 Å². The number of hydrogen-bond donors (Lipinski definition) is 0. The third-order valence-electron chi connectivity index (χ3n) is 12.3. The zero-order valence-corrected chi connectivity index (χ0v) is 33.5. The summed E-state index contributed by atoms with van der Waals surface area (Å²) in [7, 11) is 0. The number of pyridine rings is 1. The molecule has 0 fully saturated rings. The lowest BCUT2D eigenvalue weighted by molar-refractivity contribution is 0.436. The summed E-state index contributed by atoms with van der Waals surface area (Å²) >= 11 is 0. The maximum atomic E-state index is 6.61. The van der Waals surface area contributed by atoms with E-state index < -0.39 is 5.41 Å². The topological polar surface area (TPSA) is 60.8 Å². The predicted octanol–water partition coefficient (Wildman–Crippen LogP) is 13.7. The standard InChI is InChI=1S/C57H36N4O/c1-3-13-38(14-4-1)54-59-55(39-15-5-2-6-16-39)61-56(60-54)45-20-12-19-42(34-45)40-17-11-18-41(33-40)44-26-28-49-47(36-44)46-35-43(37-29-31-58-32-30-37)25-27-48(46)57(49)50-21-7-9-23-52(50)62-53-24-10-8-22-51(53)57/h1-36H. The predicted molar refractivity (Wildman–Crippen MR) is 248 cm³/mol. The van der Waals surface area contributed by atoms with Gasteiger partial charge in [0.25, 0.3) is 0 Å². The van der Waals surface area contributed by atoms with Gasteiger partial charge in [-0.15, -0.1) is 0 Å². The molecule has 0 atom stereocenters. The molecule has 2 aromatic heterocycles. The molecule has 0 bridgehead atoms. The van der Waals surface area contributed by atoms with Crippen molar-refractivity contribution in [2.75, 3.05) is 0 Å². The Morgan fingerprint density at radius 1 is 0.290 bits per heavy atom. The second-order valence-corrected chi connectivity index (χ2v) is 15.8. The van der Waals surface area contributed by atoms with Crippen molar-refractivity contribution in [3.8, 4) is 90.2 Å². The number of fused-ring (bicyclic) bond motifs is 9. The van der Waals surface area contributed by atoms with Crippen molar-refractivity contribution >= 4 is 0 Å². The van der Waals surface area contributed by atoms with Gasteiger partial charge < -0.3 is 4.74 Å². The van der Waals surface area contributed by atoms with Crippen LogP contribution in [0.4, 0.5) is 0 Å². The minimum Gasteiger partial charge on any atom is -0.457 e. The van der Waals surface area contributed by atoms with Gasteiger partial charge in [-0.05, 0) is 104 Å². The average Bonchev–Trinajstić information content (AvgIpc) is 3.64. The molecule has 62 heavy (non-hydrogen) atoms. The fourth-order valence-corrected chi connectivity index (χ4v) is 9.47. The van der Waals surface area contributed by atoms with E-state index in [4.69, 9.17) is 19.7 Å². The van der Waals surface area contributed by atoms with Crippen molar-refractivity contribution < 1.29 is 4.74 Å². The summed E-state index contributed by atoms with van der Waals surface area (Å²) in [5.41, 5.74) is 16.2. The lowest BCUT2D eigenvalue weighted by atomic mass is 9.66. The number of para-hydroxylation sites is 2. The van der Waals surface area contributed by atoms with Gasteiger partial charge in [-0.2, -0.15) is 0 Å². The van der Waals surface area contributed by atoms with Crippen LogP contribution in [0.3, 0.4) is 0 Å². The zero-order chi connectivity index (χ0) is 41.0. The summed E-state index contributed by atoms with van der Waals surface area (Å²) in [6, 6.07) is 72.6. The van der Waals surface area contributed by atoms with E-state index >= 15 is 0 Å². The molecular formula is C57H36N4O. The van der Waals surface area contributed by atoms with E-state index in [-0.39, 0.29) is 0 Å². The highest BCUT2D eigenvalue weighted by Crippen LogP contribution is 2.62. The van der Waals surface area contributed by atoms with Gasteiger partial charge in [0, 0.05) is 40.2 Å². The lowest BCUT2D eigenvalue weighted by Gasteiger charge is -2.39. The van der Waals surface area contributed by atoms with Gasteiger partial charge in [-0.1, -0.05) is 158 Å². The van der Waals surface area contributed by atoms with Gasteiger partial charge in [0.2, 0.25) is 0 Å². The Bertz CT molecular complexity index is 3230. The van der Waals surface area contributed by atoms with Gasteiger partial charge >= 0.3 is 0 Å². The van der Waals surface area contributed by atoms with Crippen LogP contribution in [0, 0.1) is 0 Å². The highest BCUT2D eigenvalue weighted by molar-refractivity contribution is 5.93. The molecule has 3 heterocycles. The molecule has 1 spiro atoms. The summed E-state index contributed by atoms with van der Waals surface area (Å²) in [6.45, 7) is 0. The number of hydrogen-bond acceptors (Lipinski definition) is 5. The minimum atomic E-state index is -0.552. The van der Waals surface area contributed by atoms with E-state index in [1.807, 2.05) is 73.1 Å². The Balaban J connectivity index is 0.986. The van der Waals surface area contributed by atoms with E-state index in [1.165, 1.54) is 22.3 Å². The van der Waals surface area contributed by atoms with E-state index in [9.17, 15) is 0 Å². The van der Waals surface area contributed by atoms with E-state index in [2.05, 4.69) is 151 Å². The van der Waals surface area contributed by atoms with Crippen molar-refractivity contribution in [3.05, 3.63) is 241 Å². The average molecular weight is 793 g/mol. The number of rotatable bonds is 6. The second-order valence-electron chi connectivity index (χ2n) is 15.8. The summed E-state index contributed by atoms with van der Waals surface area (Å²) in [5.74, 6) is 3.67. The fourth-order valence-electron chi connectivity index (χ4n) is 9.47. The molecule has 5 nitrogen and oxygen atoms in total. The van der Waals surface area contributed by atoms with Gasteiger partial charge in [0.05, 0.1) is 5.41 Å². The van der Waals surface area contributed by atoms with E-state index in [0.717, 1.165) is 72.7 Å². The molecule has 0 saturated carbocycles. The molecule has 2 aliphatic rings. The van der Waals surface area contributed by atoms with Crippen molar-refractivity contribution in [2.24, 2.45) is 0 Å². The first-order chi connectivity index (χ1) is 30.7. The van der Waals surface area contributed by atoms with Crippen LogP contribution in [-0.4, -0.2) is 19.9 Å². The Labute approximate surface area is 359 Å². The maximum Gasteiger partial charge on any atom is 0.164 e. The summed E-state index contributed by atoms with van der Waals surface area (Å²) in [6.07, 6.45) is 3.72. The van der Waals surface area contributed by atoms with Crippen LogP contribution in [0.5, 0.6) is 11.5 Å². The molecule has 290 valence electrons. The first-order valence-corrected chi connectivity index (χ1v) is 20.9. The number of nitrogens with zero attached hydrogens (tertiary/aromatic N) is 4. The number of benzene rings is 8. The zero-order valence-electron chi connectivity index (χ0n) is 33.5. The number of aromatic nitrogens is 4. The molecule has 5 heteroatoms. The molecule has 1 aliphatic heterocycles. The van der Waals surface area contributed by atoms with Crippen molar-refractivity contribution in [1.29, 1.82) is 0 Å². The van der Waals surface area contributed by atoms with Gasteiger partial charge in [-0.3, -0.25) is 4.98 Å². The van der Waals surface area contributed by atoms with E-state index in [0.29, 0.717) is 17.5 Å². The molecule has 0 radical (unpaired) electrons. The Morgan fingerprint density at radius 2 is 0.694 bits per heavy atom. The third-order valence-corrected chi connectivity index (χ3v) is 12.3. The fraction of sp³-hybridized carbons (Fsp3) is 0.0175. The minimum absolute atomic E-state index is 0.552. The van der Waals surface area contributed by atoms with Crippen LogP contribution in [0.15, 0.2) is 219 Å². The normalized spacial score (nSPS) is 12.8. The van der Waals surface area contributed by atoms with Crippen LogP contribution in [-0.2, 0) is 5.41 Å². The summed E-state index contributed by atoms with van der Waals surface area (Å²) in [4.78, 5) is 19.2. The molecule has 0 N–H and O–H groups in total. The molecule has 0 amide bonds. The van der Waals surface area contributed by atoms with Gasteiger partial charge in [-0.25, -0.2) is 15.0 Å². The highest BCUT2D eigenvalue weighted by atomic mass is 16.5. The Kier molecular flexibility index (Phi) is 8.32. The first-order valence-electron chi connectivity index (χ1n) is 20.9. The quantitative estimate of drug-likeness (QED) is 0.168. The largest absolute Gasteiger partial charge is 0.457 e. The smallest absolute Gasteiger partial charge is 0.164 e. The Morgan fingerprint density at radius 3 is 1.23 bits per heavy atom. The molecule has 0 unspecified atom stereocenters. The summed E-state index contributed by atoms with van der Waals surface area (Å²) in [5, 5.41) is 0. The van der Waals surface area contributed by atoms with E-state index in [1.54, 1.807) is 0 Å². The van der Waals surface area contributed by atoms with Crippen LogP contribution >= 0.6 is 0 Å². The lowest BCUT2D eigenvalue weighted by Crippen LogP contribution is -2.32. The molecule has 10 aromatic rings. The molecule has 8 aromatic carbocycles. The molecule has 0 saturated heterocycles. The summed E-state index contributed by atoms with van der Waals surface area (Å²) < 4.78 is 6.61. The van der Waals surface area contributed by atoms with Gasteiger partial charge in [0.1, 0.15) is 11.5 Å². The first kappa shape index (κ1) is 35.6. The van der Waals surface area contributed by atoms with Crippen molar-refractivity contribution in [2.45, 2.75) is 5.41 Å². The second kappa shape index (κ2) is 14.5. The molecule has 12 rings (SSSR count). The van der Waals surface area contributed by atoms with Crippen LogP contribution in [0.2, 0.25) is 0 Å². The van der Waals surface area contributed by atoms with Gasteiger partial charge in [0.15, 0.2) is 17.5 Å². The van der Waals surface area contributed by atoms with Crippen molar-refractivity contribution in [1.82, 2.24) is 19.9 Å². The van der Waals surface area contributed by atoms with Crippen LogP contribution < -0.4 is 4.74 Å². The number of ether oxygens (including phenoxy) is 1. The molecule has 1 aliphatic carbocycles. The molecular weight excluding hydrogens is 757 g/mol. The highest BCUT2D eigenvalue weighted by Gasteiger charge is 2.51.